The summed E-state index contributed by atoms with van der Waals surface area (Å²) in [5.41, 5.74) is 7.46. The van der Waals surface area contributed by atoms with Crippen LogP contribution in [0.5, 0.6) is 0 Å². The van der Waals surface area contributed by atoms with Gasteiger partial charge in [0.1, 0.15) is 5.84 Å². The molecule has 19 heavy (non-hydrogen) atoms. The van der Waals surface area contributed by atoms with Crippen LogP contribution in [0, 0.1) is 11.3 Å². The quantitative estimate of drug-likeness (QED) is 0.653. The summed E-state index contributed by atoms with van der Waals surface area (Å²) in [6.07, 6.45) is 5.03. The van der Waals surface area contributed by atoms with Gasteiger partial charge >= 0.3 is 0 Å². The first kappa shape index (κ1) is 14.2. The molecule has 0 radical (unpaired) electrons. The van der Waals surface area contributed by atoms with E-state index in [1.807, 2.05) is 12.1 Å². The van der Waals surface area contributed by atoms with Crippen LogP contribution in [-0.2, 0) is 0 Å². The van der Waals surface area contributed by atoms with Crippen LogP contribution in [0.2, 0.25) is 5.02 Å². The van der Waals surface area contributed by atoms with E-state index in [1.165, 1.54) is 25.7 Å². The molecule has 4 heteroatoms. The van der Waals surface area contributed by atoms with Gasteiger partial charge in [0, 0.05) is 29.4 Å². The number of amidine groups is 1. The normalized spacial score (nSPS) is 16.6. The molecular weight excluding hydrogens is 258 g/mol. The lowest BCUT2D eigenvalue weighted by atomic mass is 9.92. The monoisotopic (exact) mass is 279 g/mol. The number of anilines is 1. The van der Waals surface area contributed by atoms with Crippen LogP contribution in [-0.4, -0.2) is 18.9 Å². The van der Waals surface area contributed by atoms with Gasteiger partial charge in [0.15, 0.2) is 0 Å². The largest absolute Gasteiger partial charge is 0.384 e. The van der Waals surface area contributed by atoms with Gasteiger partial charge in [-0.15, -0.1) is 0 Å². The predicted molar refractivity (Wildman–Crippen MR) is 82.3 cm³/mol. The van der Waals surface area contributed by atoms with Gasteiger partial charge in [-0.1, -0.05) is 31.4 Å². The Kier molecular flexibility index (Phi) is 4.70. The van der Waals surface area contributed by atoms with Crippen molar-refractivity contribution in [1.82, 2.24) is 0 Å². The van der Waals surface area contributed by atoms with Crippen LogP contribution in [0.25, 0.3) is 0 Å². The molecule has 0 amide bonds. The highest BCUT2D eigenvalue weighted by atomic mass is 35.5. The highest BCUT2D eigenvalue weighted by Gasteiger charge is 2.21. The summed E-state index contributed by atoms with van der Waals surface area (Å²) in [5, 5.41) is 8.38. The molecule has 1 heterocycles. The maximum Gasteiger partial charge on any atom is 0.124 e. The van der Waals surface area contributed by atoms with E-state index in [-0.39, 0.29) is 5.84 Å². The predicted octanol–water partition coefficient (Wildman–Crippen LogP) is 3.64. The maximum absolute atomic E-state index is 7.68. The van der Waals surface area contributed by atoms with E-state index in [9.17, 15) is 0 Å². The van der Waals surface area contributed by atoms with E-state index in [1.54, 1.807) is 6.07 Å². The van der Waals surface area contributed by atoms with Crippen molar-refractivity contribution < 1.29 is 0 Å². The fourth-order valence-electron chi connectivity index (χ4n) is 2.86. The molecule has 1 aliphatic heterocycles. The van der Waals surface area contributed by atoms with Crippen LogP contribution in [0.4, 0.5) is 5.69 Å². The SMILES string of the molecule is CCCC1CCN(c2cc(Cl)ccc2C(=N)N)CC1. The Morgan fingerprint density at radius 1 is 1.42 bits per heavy atom. The first-order valence-electron chi connectivity index (χ1n) is 7.00. The van der Waals surface area contributed by atoms with E-state index in [2.05, 4.69) is 11.8 Å². The lowest BCUT2D eigenvalue weighted by Gasteiger charge is -2.34. The van der Waals surface area contributed by atoms with Gasteiger partial charge in [-0.3, -0.25) is 5.41 Å². The van der Waals surface area contributed by atoms with Crippen molar-refractivity contribution in [3.63, 3.8) is 0 Å². The fourth-order valence-corrected chi connectivity index (χ4v) is 3.03. The molecular formula is C15H22ClN3. The van der Waals surface area contributed by atoms with Gasteiger partial charge in [0.2, 0.25) is 0 Å². The van der Waals surface area contributed by atoms with Gasteiger partial charge in [-0.05, 0) is 37.0 Å². The van der Waals surface area contributed by atoms with Crippen molar-refractivity contribution in [3.8, 4) is 0 Å². The van der Waals surface area contributed by atoms with Gasteiger partial charge in [0.25, 0.3) is 0 Å². The summed E-state index contributed by atoms with van der Waals surface area (Å²) >= 11 is 6.08. The van der Waals surface area contributed by atoms with E-state index < -0.39 is 0 Å². The third kappa shape index (κ3) is 3.41. The number of hydrogen-bond donors (Lipinski definition) is 2. The molecule has 1 aromatic carbocycles. The van der Waals surface area contributed by atoms with Gasteiger partial charge < -0.3 is 10.6 Å². The molecule has 0 spiro atoms. The number of hydrogen-bond acceptors (Lipinski definition) is 2. The molecule has 1 saturated heterocycles. The molecule has 3 nitrogen and oxygen atoms in total. The molecule has 0 unspecified atom stereocenters. The van der Waals surface area contributed by atoms with Crippen LogP contribution in [0.3, 0.4) is 0 Å². The molecule has 1 aromatic rings. The van der Waals surface area contributed by atoms with Gasteiger partial charge in [-0.25, -0.2) is 0 Å². The zero-order valence-electron chi connectivity index (χ0n) is 11.5. The molecule has 0 aromatic heterocycles. The van der Waals surface area contributed by atoms with Crippen molar-refractivity contribution in [1.29, 1.82) is 5.41 Å². The number of rotatable bonds is 4. The second kappa shape index (κ2) is 6.29. The molecule has 0 saturated carbocycles. The molecule has 104 valence electrons. The van der Waals surface area contributed by atoms with Crippen molar-refractivity contribution in [2.24, 2.45) is 11.7 Å². The zero-order chi connectivity index (χ0) is 13.8. The lowest BCUT2D eigenvalue weighted by Crippen LogP contribution is -2.35. The minimum atomic E-state index is 0.113. The Morgan fingerprint density at radius 3 is 2.68 bits per heavy atom. The Morgan fingerprint density at radius 2 is 2.11 bits per heavy atom. The summed E-state index contributed by atoms with van der Waals surface area (Å²) in [4.78, 5) is 2.31. The summed E-state index contributed by atoms with van der Waals surface area (Å²) in [7, 11) is 0. The number of benzene rings is 1. The smallest absolute Gasteiger partial charge is 0.124 e. The Labute approximate surface area is 120 Å². The second-order valence-electron chi connectivity index (χ2n) is 5.29. The van der Waals surface area contributed by atoms with Crippen molar-refractivity contribution in [3.05, 3.63) is 28.8 Å². The molecule has 1 fully saturated rings. The van der Waals surface area contributed by atoms with E-state index in [4.69, 9.17) is 22.7 Å². The van der Waals surface area contributed by atoms with Crippen LogP contribution in [0.1, 0.15) is 38.2 Å². The summed E-state index contributed by atoms with van der Waals surface area (Å²) in [5.74, 6) is 0.962. The first-order valence-corrected chi connectivity index (χ1v) is 7.38. The first-order chi connectivity index (χ1) is 9.11. The summed E-state index contributed by atoms with van der Waals surface area (Å²) in [6.45, 7) is 4.31. The van der Waals surface area contributed by atoms with Crippen LogP contribution >= 0.6 is 11.6 Å². The third-order valence-corrected chi connectivity index (χ3v) is 4.14. The minimum absolute atomic E-state index is 0.113. The number of nitrogens with one attached hydrogen (secondary N) is 1. The molecule has 0 atom stereocenters. The van der Waals surface area contributed by atoms with Gasteiger partial charge in [-0.2, -0.15) is 0 Å². The number of nitrogens with two attached hydrogens (primary N) is 1. The van der Waals surface area contributed by atoms with Gasteiger partial charge in [0.05, 0.1) is 0 Å². The van der Waals surface area contributed by atoms with E-state index >= 15 is 0 Å². The molecule has 1 aliphatic rings. The Hall–Kier alpha value is -1.22. The topological polar surface area (TPSA) is 53.1 Å². The number of nitrogens with zero attached hydrogens (tertiary/aromatic N) is 1. The van der Waals surface area contributed by atoms with Crippen LogP contribution < -0.4 is 10.6 Å². The van der Waals surface area contributed by atoms with E-state index in [0.29, 0.717) is 5.02 Å². The molecule has 0 aliphatic carbocycles. The molecule has 2 rings (SSSR count). The highest BCUT2D eigenvalue weighted by molar-refractivity contribution is 6.31. The summed E-state index contributed by atoms with van der Waals surface area (Å²) in [6, 6.07) is 5.57. The average molecular weight is 280 g/mol. The Bertz CT molecular complexity index is 451. The minimum Gasteiger partial charge on any atom is -0.384 e. The summed E-state index contributed by atoms with van der Waals surface area (Å²) < 4.78 is 0. The second-order valence-corrected chi connectivity index (χ2v) is 5.73. The Balaban J connectivity index is 2.14. The molecule has 0 bridgehead atoms. The van der Waals surface area contributed by atoms with Crippen molar-refractivity contribution in [2.45, 2.75) is 32.6 Å². The fraction of sp³-hybridized carbons (Fsp3) is 0.533. The number of nitrogen functional groups attached to an aromatic ring is 1. The average Bonchev–Trinajstić information content (AvgIpc) is 2.39. The number of halogens is 1. The standard InChI is InChI=1S/C15H22ClN3/c1-2-3-11-6-8-19(9-7-11)14-10-12(16)4-5-13(14)15(17)18/h4-5,10-11H,2-3,6-9H2,1H3,(H3,17,18). The van der Waals surface area contributed by atoms with Crippen molar-refractivity contribution >= 4 is 23.1 Å². The van der Waals surface area contributed by atoms with E-state index in [0.717, 1.165) is 30.3 Å². The third-order valence-electron chi connectivity index (χ3n) is 3.90. The van der Waals surface area contributed by atoms with Crippen LogP contribution in [0.15, 0.2) is 18.2 Å². The maximum atomic E-state index is 7.68. The zero-order valence-corrected chi connectivity index (χ0v) is 12.2. The number of piperidine rings is 1. The lowest BCUT2D eigenvalue weighted by molar-refractivity contribution is 0.378. The van der Waals surface area contributed by atoms with Crippen molar-refractivity contribution in [2.75, 3.05) is 18.0 Å². The highest BCUT2D eigenvalue weighted by Crippen LogP contribution is 2.30. The molecule has 3 N–H and O–H groups in total.